The Bertz CT molecular complexity index is 773. The summed E-state index contributed by atoms with van der Waals surface area (Å²) < 4.78 is 5.34. The molecule has 3 atom stereocenters. The van der Waals surface area contributed by atoms with E-state index < -0.39 is 0 Å². The van der Waals surface area contributed by atoms with Gasteiger partial charge in [0.2, 0.25) is 0 Å². The number of ether oxygens (including phenoxy) is 1. The van der Waals surface area contributed by atoms with Gasteiger partial charge in [0.1, 0.15) is 5.75 Å². The van der Waals surface area contributed by atoms with Gasteiger partial charge < -0.3 is 4.74 Å². The predicted octanol–water partition coefficient (Wildman–Crippen LogP) is 6.86. The van der Waals surface area contributed by atoms with Crippen molar-refractivity contribution in [1.82, 2.24) is 0 Å². The highest BCUT2D eigenvalue weighted by atomic mass is 16.5. The van der Waals surface area contributed by atoms with Gasteiger partial charge in [-0.1, -0.05) is 44.0 Å². The van der Waals surface area contributed by atoms with Crippen LogP contribution < -0.4 is 4.74 Å². The lowest BCUT2D eigenvalue weighted by atomic mass is 9.67. The van der Waals surface area contributed by atoms with Crippen molar-refractivity contribution in [1.29, 1.82) is 0 Å². The Labute approximate surface area is 152 Å². The summed E-state index contributed by atoms with van der Waals surface area (Å²) in [6.45, 7) is 2.33. The maximum absolute atomic E-state index is 5.34. The number of rotatable bonds is 4. The minimum Gasteiger partial charge on any atom is -0.497 e. The first-order valence-electron chi connectivity index (χ1n) is 10.1. The van der Waals surface area contributed by atoms with E-state index in [-0.39, 0.29) is 0 Å². The van der Waals surface area contributed by atoms with Gasteiger partial charge in [0.15, 0.2) is 0 Å². The van der Waals surface area contributed by atoms with Crippen molar-refractivity contribution >= 4 is 16.3 Å². The van der Waals surface area contributed by atoms with Crippen molar-refractivity contribution in [3.8, 4) is 5.75 Å². The van der Waals surface area contributed by atoms with Crippen molar-refractivity contribution in [3.05, 3.63) is 48.0 Å². The largest absolute Gasteiger partial charge is 0.497 e. The topological polar surface area (TPSA) is 9.23 Å². The zero-order chi connectivity index (χ0) is 17.2. The van der Waals surface area contributed by atoms with E-state index in [0.29, 0.717) is 0 Å². The van der Waals surface area contributed by atoms with Crippen LogP contribution in [0, 0.1) is 17.8 Å². The summed E-state index contributed by atoms with van der Waals surface area (Å²) in [5.41, 5.74) is 3.00. The third-order valence-electron chi connectivity index (χ3n) is 6.46. The first-order valence-corrected chi connectivity index (χ1v) is 10.1. The first-order chi connectivity index (χ1) is 12.3. The van der Waals surface area contributed by atoms with Gasteiger partial charge in [-0.25, -0.2) is 0 Å². The molecule has 0 aromatic heterocycles. The average Bonchev–Trinajstić information content (AvgIpc) is 2.67. The molecule has 0 N–H and O–H groups in total. The molecule has 2 aliphatic rings. The van der Waals surface area contributed by atoms with Gasteiger partial charge in [0.25, 0.3) is 0 Å². The van der Waals surface area contributed by atoms with Crippen LogP contribution >= 0.6 is 0 Å². The van der Waals surface area contributed by atoms with Crippen LogP contribution in [0.4, 0.5) is 0 Å². The summed E-state index contributed by atoms with van der Waals surface area (Å²) in [5.74, 6) is 3.70. The van der Waals surface area contributed by atoms with Gasteiger partial charge in [0.05, 0.1) is 7.11 Å². The molecule has 2 aliphatic carbocycles. The number of hydrogen-bond acceptors (Lipinski definition) is 1. The van der Waals surface area contributed by atoms with Crippen LogP contribution in [-0.4, -0.2) is 7.11 Å². The van der Waals surface area contributed by atoms with E-state index in [0.717, 1.165) is 23.5 Å². The molecule has 0 amide bonds. The van der Waals surface area contributed by atoms with Crippen LogP contribution in [0.25, 0.3) is 16.3 Å². The van der Waals surface area contributed by atoms with E-state index in [4.69, 9.17) is 4.74 Å². The molecular weight excluding hydrogens is 304 g/mol. The molecule has 0 heterocycles. The minimum atomic E-state index is 0.823. The normalized spacial score (nSPS) is 26.2. The third-order valence-corrected chi connectivity index (χ3v) is 6.46. The standard InChI is InChI=1S/C24H30O/c1-3-4-17-5-6-19-14-20(8-7-18(19)13-17)21-9-10-23-16-24(25-2)12-11-22(23)15-21/h9-12,14-19H,3-8,13H2,1-2H3/t17-,18-,19+/m0/s1. The fourth-order valence-electron chi connectivity index (χ4n) is 5.08. The second kappa shape index (κ2) is 7.23. The second-order valence-electron chi connectivity index (χ2n) is 8.05. The van der Waals surface area contributed by atoms with E-state index in [1.807, 2.05) is 0 Å². The lowest BCUT2D eigenvalue weighted by molar-refractivity contribution is 0.190. The Kier molecular flexibility index (Phi) is 4.83. The quantitative estimate of drug-likeness (QED) is 0.593. The number of hydrogen-bond donors (Lipinski definition) is 0. The molecular formula is C24H30O. The smallest absolute Gasteiger partial charge is 0.119 e. The second-order valence-corrected chi connectivity index (χ2v) is 8.05. The van der Waals surface area contributed by atoms with Crippen molar-refractivity contribution in [2.45, 2.75) is 51.9 Å². The third kappa shape index (κ3) is 3.47. The molecule has 1 nitrogen and oxygen atoms in total. The van der Waals surface area contributed by atoms with Crippen LogP contribution in [0.1, 0.15) is 57.4 Å². The number of allylic oxidation sites excluding steroid dienone is 2. The molecule has 2 aromatic rings. The summed E-state index contributed by atoms with van der Waals surface area (Å²) in [6.07, 6.45) is 12.4. The van der Waals surface area contributed by atoms with E-state index in [1.165, 1.54) is 61.3 Å². The zero-order valence-electron chi connectivity index (χ0n) is 15.6. The highest BCUT2D eigenvalue weighted by Crippen LogP contribution is 2.45. The average molecular weight is 335 g/mol. The highest BCUT2D eigenvalue weighted by Gasteiger charge is 2.31. The van der Waals surface area contributed by atoms with Gasteiger partial charge >= 0.3 is 0 Å². The van der Waals surface area contributed by atoms with Crippen molar-refractivity contribution in [3.63, 3.8) is 0 Å². The van der Waals surface area contributed by atoms with Gasteiger partial charge in [-0.15, -0.1) is 0 Å². The molecule has 4 rings (SSSR count). The summed E-state index contributed by atoms with van der Waals surface area (Å²) in [4.78, 5) is 0. The van der Waals surface area contributed by atoms with Crippen LogP contribution in [0.2, 0.25) is 0 Å². The maximum Gasteiger partial charge on any atom is 0.119 e. The molecule has 2 aromatic carbocycles. The van der Waals surface area contributed by atoms with Crippen molar-refractivity contribution in [2.75, 3.05) is 7.11 Å². The molecule has 0 bridgehead atoms. The fraction of sp³-hybridized carbons (Fsp3) is 0.500. The Morgan fingerprint density at radius 2 is 1.84 bits per heavy atom. The highest BCUT2D eigenvalue weighted by molar-refractivity contribution is 5.87. The molecule has 0 aliphatic heterocycles. The van der Waals surface area contributed by atoms with Gasteiger partial charge in [-0.3, -0.25) is 0 Å². The molecule has 1 fully saturated rings. The van der Waals surface area contributed by atoms with Gasteiger partial charge in [-0.05, 0) is 90.0 Å². The SMILES string of the molecule is CCC[C@H]1CC[C@@H]2C=C(c3ccc4cc(OC)ccc4c3)CC[C@H]2C1. The van der Waals surface area contributed by atoms with E-state index in [2.05, 4.69) is 49.4 Å². The van der Waals surface area contributed by atoms with Crippen LogP contribution in [0.5, 0.6) is 5.75 Å². The summed E-state index contributed by atoms with van der Waals surface area (Å²) in [5, 5.41) is 2.57. The van der Waals surface area contributed by atoms with Gasteiger partial charge in [0, 0.05) is 0 Å². The zero-order valence-corrected chi connectivity index (χ0v) is 15.6. The molecule has 1 saturated carbocycles. The van der Waals surface area contributed by atoms with E-state index >= 15 is 0 Å². The number of benzene rings is 2. The Morgan fingerprint density at radius 3 is 2.68 bits per heavy atom. The molecule has 0 saturated heterocycles. The maximum atomic E-state index is 5.34. The monoisotopic (exact) mass is 334 g/mol. The van der Waals surface area contributed by atoms with E-state index in [1.54, 1.807) is 12.7 Å². The lowest BCUT2D eigenvalue weighted by Gasteiger charge is -2.38. The lowest BCUT2D eigenvalue weighted by Crippen LogP contribution is -2.26. The fourth-order valence-corrected chi connectivity index (χ4v) is 5.08. The molecule has 132 valence electrons. The number of fused-ring (bicyclic) bond motifs is 2. The van der Waals surface area contributed by atoms with Crippen LogP contribution in [0.15, 0.2) is 42.5 Å². The molecule has 0 spiro atoms. The summed E-state index contributed by atoms with van der Waals surface area (Å²) in [6, 6.07) is 13.3. The first kappa shape index (κ1) is 16.7. The van der Waals surface area contributed by atoms with Gasteiger partial charge in [-0.2, -0.15) is 0 Å². The summed E-state index contributed by atoms with van der Waals surface area (Å²) >= 11 is 0. The predicted molar refractivity (Wildman–Crippen MR) is 107 cm³/mol. The molecule has 0 radical (unpaired) electrons. The minimum absolute atomic E-state index is 0.823. The molecule has 25 heavy (non-hydrogen) atoms. The number of methoxy groups -OCH3 is 1. The molecule has 1 heteroatoms. The van der Waals surface area contributed by atoms with Crippen LogP contribution in [0.3, 0.4) is 0 Å². The Morgan fingerprint density at radius 1 is 1.00 bits per heavy atom. The van der Waals surface area contributed by atoms with Crippen molar-refractivity contribution in [2.24, 2.45) is 17.8 Å². The Balaban J connectivity index is 1.55. The van der Waals surface area contributed by atoms with Crippen molar-refractivity contribution < 1.29 is 4.74 Å². The van der Waals surface area contributed by atoms with E-state index in [9.17, 15) is 0 Å². The van der Waals surface area contributed by atoms with Crippen LogP contribution in [-0.2, 0) is 0 Å². The Hall–Kier alpha value is -1.76. The summed E-state index contributed by atoms with van der Waals surface area (Å²) in [7, 11) is 1.73. The molecule has 0 unspecified atom stereocenters.